The average molecular weight is 957 g/mol. The molecule has 4 aromatic carbocycles. The molecule has 0 aliphatic carbocycles. The van der Waals surface area contributed by atoms with Gasteiger partial charge in [-0.15, -0.1) is 46.2 Å². The minimum atomic E-state index is -4.56. The molecule has 292 valence electrons. The van der Waals surface area contributed by atoms with Gasteiger partial charge in [0.05, 0.1) is 11.1 Å². The maximum Gasteiger partial charge on any atom is 4.00 e. The standard InChI is InChI=1S/C29H27N6.C14H6F6N.Pt/c1-19-12-20(2)27(21(3)13-19)22-14-23(34-17-32(4)25-8-6-10-30-28(25)34)16-24(15-22)35-18-33(5)26-9-7-11-31-29(26)35;15-13(16,17)7-1-3-11-9(5-7)10-6-8(14(18,19)20)2-4-12(10)21-11;/h6-15,17-18H,1-5H3;1-6H;/q-3;-1;+4. The number of fused-ring (bicyclic) bond motifs is 5. The molecule has 2 aliphatic heterocycles. The van der Waals surface area contributed by atoms with Crippen molar-refractivity contribution in [3.8, 4) is 11.1 Å². The summed E-state index contributed by atoms with van der Waals surface area (Å²) in [5, 5.41) is 0.122. The first-order valence-electron chi connectivity index (χ1n) is 17.5. The zero-order valence-corrected chi connectivity index (χ0v) is 33.4. The van der Waals surface area contributed by atoms with Gasteiger partial charge >= 0.3 is 33.4 Å². The van der Waals surface area contributed by atoms with Crippen LogP contribution < -0.4 is 24.6 Å². The number of rotatable bonds is 3. The molecule has 0 unspecified atom stereocenters. The third-order valence-electron chi connectivity index (χ3n) is 9.83. The monoisotopic (exact) mass is 956 g/mol. The molecular weight excluding hydrogens is 924 g/mol. The fraction of sp³-hybridized carbons (Fsp3) is 0.163. The normalized spacial score (nSPS) is 13.8. The molecule has 7 nitrogen and oxygen atoms in total. The number of aryl methyl sites for hydroxylation is 3. The number of hydrogen-bond donors (Lipinski definition) is 0. The van der Waals surface area contributed by atoms with Crippen molar-refractivity contribution in [3.63, 3.8) is 0 Å². The largest absolute Gasteiger partial charge is 4.00 e. The van der Waals surface area contributed by atoms with Crippen molar-refractivity contribution in [1.82, 2.24) is 15.0 Å². The molecule has 0 N–H and O–H groups in total. The molecule has 14 heteroatoms. The van der Waals surface area contributed by atoms with Crippen molar-refractivity contribution < 1.29 is 47.4 Å². The predicted molar refractivity (Wildman–Crippen MR) is 208 cm³/mol. The number of aromatic nitrogens is 3. The Balaban J connectivity index is 0.000000193. The summed E-state index contributed by atoms with van der Waals surface area (Å²) in [5.41, 5.74) is 8.80. The van der Waals surface area contributed by atoms with E-state index in [9.17, 15) is 26.3 Å². The zero-order chi connectivity index (χ0) is 39.7. The second-order valence-corrected chi connectivity index (χ2v) is 13.9. The maximum atomic E-state index is 12.7. The van der Waals surface area contributed by atoms with Crippen LogP contribution >= 0.6 is 0 Å². The van der Waals surface area contributed by atoms with E-state index in [0.29, 0.717) is 0 Å². The van der Waals surface area contributed by atoms with Crippen LogP contribution in [0.3, 0.4) is 0 Å². The first-order valence-corrected chi connectivity index (χ1v) is 17.5. The Morgan fingerprint density at radius 3 is 1.47 bits per heavy atom. The fourth-order valence-electron chi connectivity index (χ4n) is 7.39. The van der Waals surface area contributed by atoms with Crippen molar-refractivity contribution in [3.05, 3.63) is 145 Å². The maximum absolute atomic E-state index is 12.7. The Kier molecular flexibility index (Phi) is 10.3. The summed E-state index contributed by atoms with van der Waals surface area (Å²) in [6, 6.07) is 26.4. The van der Waals surface area contributed by atoms with Crippen LogP contribution in [0.2, 0.25) is 0 Å². The van der Waals surface area contributed by atoms with Crippen molar-refractivity contribution >= 4 is 56.2 Å². The van der Waals surface area contributed by atoms with Crippen LogP contribution in [-0.2, 0) is 33.4 Å². The average Bonchev–Trinajstić information content (AvgIpc) is 3.81. The van der Waals surface area contributed by atoms with Crippen LogP contribution in [0.25, 0.3) is 32.9 Å². The summed E-state index contributed by atoms with van der Waals surface area (Å²) in [6.07, 6.45) is -5.44. The molecule has 2 aliphatic rings. The fourth-order valence-corrected chi connectivity index (χ4v) is 7.39. The minimum Gasteiger partial charge on any atom is -0.657 e. The van der Waals surface area contributed by atoms with Gasteiger partial charge in [0.25, 0.3) is 0 Å². The Hall–Kier alpha value is -5.55. The zero-order valence-electron chi connectivity index (χ0n) is 31.1. The molecule has 0 atom stereocenters. The smallest absolute Gasteiger partial charge is 0.657 e. The third kappa shape index (κ3) is 7.41. The number of pyridine rings is 2. The number of anilines is 6. The Morgan fingerprint density at radius 1 is 0.614 bits per heavy atom. The molecule has 0 spiro atoms. The molecule has 0 fully saturated rings. The molecule has 0 bridgehead atoms. The molecule has 3 aromatic heterocycles. The Morgan fingerprint density at radius 2 is 1.05 bits per heavy atom. The molecule has 0 amide bonds. The minimum absolute atomic E-state index is 0. The molecule has 0 saturated carbocycles. The van der Waals surface area contributed by atoms with E-state index < -0.39 is 23.5 Å². The van der Waals surface area contributed by atoms with E-state index in [-0.39, 0.29) is 42.9 Å². The summed E-state index contributed by atoms with van der Waals surface area (Å²) < 4.78 is 76.1. The molecule has 7 aromatic rings. The van der Waals surface area contributed by atoms with Gasteiger partial charge in [-0.3, -0.25) is 0 Å². The van der Waals surface area contributed by atoms with Crippen LogP contribution in [0.15, 0.2) is 97.3 Å². The van der Waals surface area contributed by atoms with E-state index in [4.69, 9.17) is 0 Å². The predicted octanol–water partition coefficient (Wildman–Crippen LogP) is 11.3. The van der Waals surface area contributed by atoms with Gasteiger partial charge < -0.3 is 24.6 Å². The van der Waals surface area contributed by atoms with E-state index in [1.165, 1.54) is 22.3 Å². The number of halogens is 6. The summed E-state index contributed by atoms with van der Waals surface area (Å²) >= 11 is 0. The third-order valence-corrected chi connectivity index (χ3v) is 9.83. The molecule has 9 rings (SSSR count). The van der Waals surface area contributed by atoms with Crippen molar-refractivity contribution in [2.45, 2.75) is 33.1 Å². The summed E-state index contributed by atoms with van der Waals surface area (Å²) in [5.74, 6) is 1.79. The topological polar surface area (TPSA) is 52.8 Å². The molecule has 0 saturated heterocycles. The SMILES string of the molecule is Cc1cc(C)c(-c2cc(N3[CH-]N(C)c4cccnc43)[c-]c(N3[CH-]N(C)c4cccnc43)c2)c(C)c1.FC(F)(F)c1ccc2[n-]c3ccc(C(F)(F)F)cc3c2c1.[Pt+4]. The first-order chi connectivity index (χ1) is 26.6. The summed E-state index contributed by atoms with van der Waals surface area (Å²) in [6.45, 7) is 10.7. The van der Waals surface area contributed by atoms with Gasteiger partial charge in [0.2, 0.25) is 0 Å². The molecule has 0 radical (unpaired) electrons. The van der Waals surface area contributed by atoms with Crippen molar-refractivity contribution in [1.29, 1.82) is 0 Å². The van der Waals surface area contributed by atoms with E-state index in [0.717, 1.165) is 76.3 Å². The first kappa shape index (κ1) is 39.7. The van der Waals surface area contributed by atoms with Crippen LogP contribution in [0.1, 0.15) is 27.8 Å². The number of nitrogens with zero attached hydrogens (tertiary/aromatic N) is 7. The van der Waals surface area contributed by atoms with Crippen LogP contribution in [0.5, 0.6) is 0 Å². The van der Waals surface area contributed by atoms with Crippen LogP contribution in [0, 0.1) is 40.2 Å². The van der Waals surface area contributed by atoms with E-state index in [2.05, 4.69) is 111 Å². The second-order valence-electron chi connectivity index (χ2n) is 13.9. The summed E-state index contributed by atoms with van der Waals surface area (Å²) in [4.78, 5) is 21.8. The van der Waals surface area contributed by atoms with Gasteiger partial charge in [0.1, 0.15) is 11.6 Å². The van der Waals surface area contributed by atoms with Crippen LogP contribution in [0.4, 0.5) is 60.7 Å². The van der Waals surface area contributed by atoms with Gasteiger partial charge in [0.15, 0.2) is 0 Å². The number of benzene rings is 4. The van der Waals surface area contributed by atoms with E-state index in [1.54, 1.807) is 0 Å². The van der Waals surface area contributed by atoms with E-state index in [1.807, 2.05) is 38.6 Å². The van der Waals surface area contributed by atoms with Gasteiger partial charge in [-0.1, -0.05) is 42.0 Å². The quantitative estimate of drug-likeness (QED) is 0.129. The van der Waals surface area contributed by atoms with Gasteiger partial charge in [-0.05, 0) is 98.7 Å². The number of alkyl halides is 6. The molecule has 57 heavy (non-hydrogen) atoms. The second kappa shape index (κ2) is 14.8. The van der Waals surface area contributed by atoms with Gasteiger partial charge in [-0.2, -0.15) is 39.7 Å². The Labute approximate surface area is 339 Å². The number of hydrogen-bond acceptors (Lipinski definition) is 6. The molecule has 5 heterocycles. The van der Waals surface area contributed by atoms with Crippen molar-refractivity contribution in [2.75, 3.05) is 33.7 Å². The summed E-state index contributed by atoms with van der Waals surface area (Å²) in [7, 11) is 4.09. The van der Waals surface area contributed by atoms with E-state index >= 15 is 0 Å². The van der Waals surface area contributed by atoms with Gasteiger partial charge in [-0.25, -0.2) is 9.97 Å². The molecular formula is C43H33F6N7Pt. The van der Waals surface area contributed by atoms with Crippen molar-refractivity contribution in [2.24, 2.45) is 0 Å². The Bertz CT molecular complexity index is 2470. The van der Waals surface area contributed by atoms with Crippen LogP contribution in [-0.4, -0.2) is 24.1 Å². The van der Waals surface area contributed by atoms with Gasteiger partial charge in [0, 0.05) is 23.8 Å².